The summed E-state index contributed by atoms with van der Waals surface area (Å²) in [4.78, 5) is 15.7. The fourth-order valence-electron chi connectivity index (χ4n) is 1.45. The standard InChI is InChI=1S/C11H11ClN2OS/c1-2-3-9(15)14-10-7(12)4-5-8-11(10)13-6-16-8/h4-6H,2-3H2,1H3,(H,14,15). The van der Waals surface area contributed by atoms with Gasteiger partial charge in [-0.1, -0.05) is 18.5 Å². The van der Waals surface area contributed by atoms with Crippen molar-refractivity contribution >= 4 is 44.7 Å². The Morgan fingerprint density at radius 2 is 2.38 bits per heavy atom. The molecule has 84 valence electrons. The number of amides is 1. The molecule has 2 aromatic rings. The first-order valence-electron chi connectivity index (χ1n) is 5.04. The Kier molecular flexibility index (Phi) is 3.41. The third kappa shape index (κ3) is 2.18. The topological polar surface area (TPSA) is 42.0 Å². The van der Waals surface area contributed by atoms with E-state index in [1.807, 2.05) is 13.0 Å². The van der Waals surface area contributed by atoms with Crippen LogP contribution in [0.2, 0.25) is 5.02 Å². The minimum atomic E-state index is -0.0232. The number of hydrogen-bond acceptors (Lipinski definition) is 3. The summed E-state index contributed by atoms with van der Waals surface area (Å²) >= 11 is 7.58. The van der Waals surface area contributed by atoms with Crippen molar-refractivity contribution in [3.05, 3.63) is 22.7 Å². The minimum Gasteiger partial charge on any atom is -0.323 e. The van der Waals surface area contributed by atoms with Crippen molar-refractivity contribution in [2.24, 2.45) is 0 Å². The SMILES string of the molecule is CCCC(=O)Nc1c(Cl)ccc2scnc12. The van der Waals surface area contributed by atoms with E-state index in [2.05, 4.69) is 10.3 Å². The number of carbonyl (C=O) groups is 1. The maximum absolute atomic E-state index is 11.5. The van der Waals surface area contributed by atoms with Gasteiger partial charge in [-0.3, -0.25) is 4.79 Å². The Morgan fingerprint density at radius 1 is 1.56 bits per heavy atom. The van der Waals surface area contributed by atoms with Crippen LogP contribution in [0.25, 0.3) is 10.2 Å². The number of thiazole rings is 1. The van der Waals surface area contributed by atoms with Crippen LogP contribution >= 0.6 is 22.9 Å². The highest BCUT2D eigenvalue weighted by Crippen LogP contribution is 2.32. The van der Waals surface area contributed by atoms with Gasteiger partial charge in [0, 0.05) is 6.42 Å². The molecule has 0 fully saturated rings. The molecule has 16 heavy (non-hydrogen) atoms. The van der Waals surface area contributed by atoms with Crippen molar-refractivity contribution in [2.45, 2.75) is 19.8 Å². The van der Waals surface area contributed by atoms with Crippen molar-refractivity contribution in [3.8, 4) is 0 Å². The first-order chi connectivity index (χ1) is 7.72. The van der Waals surface area contributed by atoms with Gasteiger partial charge in [0.2, 0.25) is 5.91 Å². The number of nitrogens with one attached hydrogen (secondary N) is 1. The van der Waals surface area contributed by atoms with Gasteiger partial charge in [-0.25, -0.2) is 4.98 Å². The van der Waals surface area contributed by atoms with E-state index < -0.39 is 0 Å². The van der Waals surface area contributed by atoms with Crippen LogP contribution in [0.15, 0.2) is 17.6 Å². The number of carbonyl (C=O) groups excluding carboxylic acids is 1. The van der Waals surface area contributed by atoms with Gasteiger partial charge in [0.1, 0.15) is 5.52 Å². The third-order valence-electron chi connectivity index (χ3n) is 2.19. The molecule has 0 aliphatic carbocycles. The van der Waals surface area contributed by atoms with Crippen LogP contribution in [0.1, 0.15) is 19.8 Å². The van der Waals surface area contributed by atoms with Crippen LogP contribution in [0.5, 0.6) is 0 Å². The number of anilines is 1. The van der Waals surface area contributed by atoms with E-state index in [1.54, 1.807) is 11.6 Å². The quantitative estimate of drug-likeness (QED) is 0.908. The Labute approximate surface area is 102 Å². The number of nitrogens with zero attached hydrogens (tertiary/aromatic N) is 1. The lowest BCUT2D eigenvalue weighted by atomic mass is 10.2. The van der Waals surface area contributed by atoms with E-state index in [1.165, 1.54) is 11.3 Å². The summed E-state index contributed by atoms with van der Waals surface area (Å²) in [5.41, 5.74) is 3.14. The number of hydrogen-bond donors (Lipinski definition) is 1. The van der Waals surface area contributed by atoms with Gasteiger partial charge in [0.15, 0.2) is 0 Å². The molecule has 5 heteroatoms. The van der Waals surface area contributed by atoms with Crippen molar-refractivity contribution in [2.75, 3.05) is 5.32 Å². The summed E-state index contributed by atoms with van der Waals surface area (Å²) in [5.74, 6) is -0.0232. The lowest BCUT2D eigenvalue weighted by molar-refractivity contribution is -0.116. The van der Waals surface area contributed by atoms with Gasteiger partial charge >= 0.3 is 0 Å². The molecule has 0 spiro atoms. The molecule has 0 atom stereocenters. The second-order valence-corrected chi connectivity index (χ2v) is 4.71. The average Bonchev–Trinajstić information content (AvgIpc) is 2.71. The molecule has 1 amide bonds. The van der Waals surface area contributed by atoms with E-state index in [4.69, 9.17) is 11.6 Å². The number of halogens is 1. The van der Waals surface area contributed by atoms with E-state index in [0.29, 0.717) is 17.1 Å². The molecular weight excluding hydrogens is 244 g/mol. The molecule has 0 unspecified atom stereocenters. The average molecular weight is 255 g/mol. The molecule has 1 N–H and O–H groups in total. The van der Waals surface area contributed by atoms with Gasteiger partial charge in [-0.2, -0.15) is 0 Å². The van der Waals surface area contributed by atoms with Crippen LogP contribution in [0, 0.1) is 0 Å². The number of benzene rings is 1. The van der Waals surface area contributed by atoms with Crippen molar-refractivity contribution in [1.82, 2.24) is 4.98 Å². The second-order valence-electron chi connectivity index (χ2n) is 3.42. The van der Waals surface area contributed by atoms with Crippen LogP contribution < -0.4 is 5.32 Å². The number of aromatic nitrogens is 1. The van der Waals surface area contributed by atoms with Crippen molar-refractivity contribution in [1.29, 1.82) is 0 Å². The van der Waals surface area contributed by atoms with E-state index in [0.717, 1.165) is 16.6 Å². The maximum Gasteiger partial charge on any atom is 0.224 e. The van der Waals surface area contributed by atoms with Crippen LogP contribution in [0.4, 0.5) is 5.69 Å². The summed E-state index contributed by atoms with van der Waals surface area (Å²) in [7, 11) is 0. The van der Waals surface area contributed by atoms with Gasteiger partial charge in [0.05, 0.1) is 20.9 Å². The van der Waals surface area contributed by atoms with E-state index in [9.17, 15) is 4.79 Å². The largest absolute Gasteiger partial charge is 0.323 e. The first kappa shape index (κ1) is 11.4. The zero-order valence-electron chi connectivity index (χ0n) is 8.79. The summed E-state index contributed by atoms with van der Waals surface area (Å²) in [6.07, 6.45) is 1.31. The Bertz CT molecular complexity index is 524. The Morgan fingerprint density at radius 3 is 3.12 bits per heavy atom. The number of fused-ring (bicyclic) bond motifs is 1. The van der Waals surface area contributed by atoms with E-state index in [-0.39, 0.29) is 5.91 Å². The Balaban J connectivity index is 2.38. The highest BCUT2D eigenvalue weighted by atomic mass is 35.5. The Hall–Kier alpha value is -1.13. The fraction of sp³-hybridized carbons (Fsp3) is 0.273. The highest BCUT2D eigenvalue weighted by Gasteiger charge is 2.11. The summed E-state index contributed by atoms with van der Waals surface area (Å²) in [5, 5.41) is 3.34. The molecule has 2 rings (SSSR count). The van der Waals surface area contributed by atoms with Crippen molar-refractivity contribution in [3.63, 3.8) is 0 Å². The fourth-order valence-corrected chi connectivity index (χ4v) is 2.34. The molecule has 0 aliphatic heterocycles. The van der Waals surface area contributed by atoms with Crippen LogP contribution in [-0.4, -0.2) is 10.9 Å². The zero-order chi connectivity index (χ0) is 11.5. The smallest absolute Gasteiger partial charge is 0.224 e. The molecule has 0 saturated heterocycles. The molecule has 3 nitrogen and oxygen atoms in total. The molecule has 1 aromatic heterocycles. The normalized spacial score (nSPS) is 10.6. The summed E-state index contributed by atoms with van der Waals surface area (Å²) in [6.45, 7) is 1.96. The maximum atomic E-state index is 11.5. The summed E-state index contributed by atoms with van der Waals surface area (Å²) in [6, 6.07) is 3.69. The van der Waals surface area contributed by atoms with Gasteiger partial charge < -0.3 is 5.32 Å². The third-order valence-corrected chi connectivity index (χ3v) is 3.30. The van der Waals surface area contributed by atoms with E-state index >= 15 is 0 Å². The molecular formula is C11H11ClN2OS. The molecule has 1 aromatic carbocycles. The first-order valence-corrected chi connectivity index (χ1v) is 6.29. The lowest BCUT2D eigenvalue weighted by Gasteiger charge is -2.07. The predicted molar refractivity (Wildman–Crippen MR) is 68.2 cm³/mol. The minimum absolute atomic E-state index is 0.0232. The number of rotatable bonds is 3. The molecule has 0 radical (unpaired) electrons. The second kappa shape index (κ2) is 4.80. The lowest BCUT2D eigenvalue weighted by Crippen LogP contribution is -2.11. The van der Waals surface area contributed by atoms with Gasteiger partial charge in [0.25, 0.3) is 0 Å². The molecule has 0 saturated carbocycles. The molecule has 1 heterocycles. The predicted octanol–water partition coefficient (Wildman–Crippen LogP) is 3.69. The zero-order valence-corrected chi connectivity index (χ0v) is 10.4. The van der Waals surface area contributed by atoms with Gasteiger partial charge in [-0.15, -0.1) is 11.3 Å². The molecule has 0 bridgehead atoms. The van der Waals surface area contributed by atoms with Crippen LogP contribution in [-0.2, 0) is 4.79 Å². The molecule has 0 aliphatic rings. The summed E-state index contributed by atoms with van der Waals surface area (Å²) < 4.78 is 1.02. The highest BCUT2D eigenvalue weighted by molar-refractivity contribution is 7.16. The van der Waals surface area contributed by atoms with Crippen LogP contribution in [0.3, 0.4) is 0 Å². The van der Waals surface area contributed by atoms with Crippen molar-refractivity contribution < 1.29 is 4.79 Å². The monoisotopic (exact) mass is 254 g/mol. The van der Waals surface area contributed by atoms with Gasteiger partial charge in [-0.05, 0) is 18.6 Å².